The monoisotopic (exact) mass is 364 g/mol. The summed E-state index contributed by atoms with van der Waals surface area (Å²) >= 11 is 0. The fourth-order valence-electron chi connectivity index (χ4n) is 2.75. The van der Waals surface area contributed by atoms with Crippen molar-refractivity contribution in [2.75, 3.05) is 30.5 Å². The zero-order valence-corrected chi connectivity index (χ0v) is 14.9. The second-order valence-electron chi connectivity index (χ2n) is 5.83. The van der Waals surface area contributed by atoms with Gasteiger partial charge in [-0.2, -0.15) is 0 Å². The van der Waals surface area contributed by atoms with Gasteiger partial charge in [0.05, 0.1) is 12.3 Å². The molecule has 0 spiro atoms. The zero-order chi connectivity index (χ0) is 18.5. The van der Waals surface area contributed by atoms with Gasteiger partial charge in [-0.1, -0.05) is 12.1 Å². The van der Waals surface area contributed by atoms with Gasteiger partial charge in [0.1, 0.15) is 36.9 Å². The number of nitrogens with one attached hydrogen (secondary N) is 2. The van der Waals surface area contributed by atoms with Gasteiger partial charge < -0.3 is 24.8 Å². The zero-order valence-electron chi connectivity index (χ0n) is 14.9. The maximum Gasteiger partial charge on any atom is 0.163 e. The van der Waals surface area contributed by atoms with Gasteiger partial charge in [0.15, 0.2) is 11.5 Å². The SMILES string of the molecule is CCOc1ccccc1Nc1cc(Nc2ccc3c(c2)OCCO3)ncn1. The maximum atomic E-state index is 5.64. The van der Waals surface area contributed by atoms with Gasteiger partial charge in [-0.3, -0.25) is 0 Å². The summed E-state index contributed by atoms with van der Waals surface area (Å²) in [6.45, 7) is 3.68. The van der Waals surface area contributed by atoms with E-state index in [0.717, 1.165) is 28.6 Å². The Kier molecular flexibility index (Phi) is 4.91. The number of rotatable bonds is 6. The Labute approximate surface area is 157 Å². The molecule has 4 rings (SSSR count). The number of hydrogen-bond acceptors (Lipinski definition) is 7. The van der Waals surface area contributed by atoms with Crippen molar-refractivity contribution in [3.8, 4) is 17.2 Å². The third-order valence-electron chi connectivity index (χ3n) is 3.93. The summed E-state index contributed by atoms with van der Waals surface area (Å²) in [4.78, 5) is 8.57. The van der Waals surface area contributed by atoms with E-state index in [9.17, 15) is 0 Å². The lowest BCUT2D eigenvalue weighted by Crippen LogP contribution is -2.15. The lowest BCUT2D eigenvalue weighted by molar-refractivity contribution is 0.171. The molecular weight excluding hydrogens is 344 g/mol. The number of nitrogens with zero attached hydrogens (tertiary/aromatic N) is 2. The van der Waals surface area contributed by atoms with Crippen LogP contribution in [0.4, 0.5) is 23.0 Å². The van der Waals surface area contributed by atoms with Gasteiger partial charge in [0.2, 0.25) is 0 Å². The Balaban J connectivity index is 1.51. The van der Waals surface area contributed by atoms with Crippen LogP contribution in [0.3, 0.4) is 0 Å². The Morgan fingerprint density at radius 3 is 2.56 bits per heavy atom. The topological polar surface area (TPSA) is 77.5 Å². The normalized spacial score (nSPS) is 12.3. The molecule has 0 bridgehead atoms. The van der Waals surface area contributed by atoms with Crippen LogP contribution < -0.4 is 24.8 Å². The van der Waals surface area contributed by atoms with Gasteiger partial charge in [0, 0.05) is 17.8 Å². The number of anilines is 4. The molecule has 1 aliphatic heterocycles. The highest BCUT2D eigenvalue weighted by atomic mass is 16.6. The predicted octanol–water partition coefficient (Wildman–Crippen LogP) is 4.13. The number of benzene rings is 2. The van der Waals surface area contributed by atoms with Crippen molar-refractivity contribution in [1.29, 1.82) is 0 Å². The molecule has 0 aliphatic carbocycles. The first kappa shape index (κ1) is 17.0. The second kappa shape index (κ2) is 7.82. The molecule has 0 saturated heterocycles. The van der Waals surface area contributed by atoms with Gasteiger partial charge in [-0.05, 0) is 31.2 Å². The number of para-hydroxylation sites is 2. The smallest absolute Gasteiger partial charge is 0.163 e. The van der Waals surface area contributed by atoms with Crippen molar-refractivity contribution in [2.45, 2.75) is 6.92 Å². The second-order valence-corrected chi connectivity index (χ2v) is 5.83. The molecule has 7 heteroatoms. The van der Waals surface area contributed by atoms with E-state index in [2.05, 4.69) is 20.6 Å². The fourth-order valence-corrected chi connectivity index (χ4v) is 2.75. The van der Waals surface area contributed by atoms with Crippen molar-refractivity contribution in [2.24, 2.45) is 0 Å². The molecule has 1 aromatic heterocycles. The average Bonchev–Trinajstić information content (AvgIpc) is 2.70. The van der Waals surface area contributed by atoms with E-state index in [4.69, 9.17) is 14.2 Å². The molecule has 0 atom stereocenters. The lowest BCUT2D eigenvalue weighted by Gasteiger charge is -2.19. The van der Waals surface area contributed by atoms with Crippen molar-refractivity contribution in [3.63, 3.8) is 0 Å². The minimum absolute atomic E-state index is 0.553. The van der Waals surface area contributed by atoms with Crippen LogP contribution >= 0.6 is 0 Å². The number of hydrogen-bond donors (Lipinski definition) is 2. The first-order chi connectivity index (χ1) is 13.3. The Bertz CT molecular complexity index is 933. The summed E-state index contributed by atoms with van der Waals surface area (Å²) in [7, 11) is 0. The van der Waals surface area contributed by atoms with Crippen LogP contribution in [0.15, 0.2) is 54.9 Å². The van der Waals surface area contributed by atoms with E-state index in [1.807, 2.05) is 55.5 Å². The van der Waals surface area contributed by atoms with Crippen molar-refractivity contribution < 1.29 is 14.2 Å². The Hall–Kier alpha value is -3.48. The van der Waals surface area contributed by atoms with Crippen molar-refractivity contribution in [3.05, 3.63) is 54.9 Å². The van der Waals surface area contributed by atoms with Crippen LogP contribution in [-0.2, 0) is 0 Å². The highest BCUT2D eigenvalue weighted by Gasteiger charge is 2.12. The molecule has 0 fully saturated rings. The Morgan fingerprint density at radius 1 is 0.926 bits per heavy atom. The molecule has 0 radical (unpaired) electrons. The maximum absolute atomic E-state index is 5.64. The molecule has 7 nitrogen and oxygen atoms in total. The van der Waals surface area contributed by atoms with E-state index in [0.29, 0.717) is 31.5 Å². The first-order valence-corrected chi connectivity index (χ1v) is 8.79. The van der Waals surface area contributed by atoms with E-state index in [1.165, 1.54) is 6.33 Å². The van der Waals surface area contributed by atoms with E-state index >= 15 is 0 Å². The molecule has 2 heterocycles. The van der Waals surface area contributed by atoms with E-state index in [1.54, 1.807) is 0 Å². The lowest BCUT2D eigenvalue weighted by atomic mass is 10.2. The highest BCUT2D eigenvalue weighted by molar-refractivity contribution is 5.67. The van der Waals surface area contributed by atoms with Crippen LogP contribution in [-0.4, -0.2) is 29.8 Å². The van der Waals surface area contributed by atoms with Crippen molar-refractivity contribution in [1.82, 2.24) is 9.97 Å². The fraction of sp³-hybridized carbons (Fsp3) is 0.200. The standard InChI is InChI=1S/C20H20N4O3/c1-2-25-16-6-4-3-5-15(16)24-20-12-19(21-13-22-20)23-14-7-8-17-18(11-14)27-10-9-26-17/h3-8,11-13H,2,9-10H2,1H3,(H2,21,22,23,24). The summed E-state index contributed by atoms with van der Waals surface area (Å²) < 4.78 is 16.8. The minimum Gasteiger partial charge on any atom is -0.492 e. The summed E-state index contributed by atoms with van der Waals surface area (Å²) in [6, 6.07) is 15.3. The molecule has 27 heavy (non-hydrogen) atoms. The largest absolute Gasteiger partial charge is 0.492 e. The summed E-state index contributed by atoms with van der Waals surface area (Å²) in [5, 5.41) is 6.53. The van der Waals surface area contributed by atoms with Gasteiger partial charge in [-0.15, -0.1) is 0 Å². The summed E-state index contributed by atoms with van der Waals surface area (Å²) in [6.07, 6.45) is 1.51. The molecule has 2 aromatic carbocycles. The first-order valence-electron chi connectivity index (χ1n) is 8.79. The molecule has 138 valence electrons. The summed E-state index contributed by atoms with van der Waals surface area (Å²) in [5.41, 5.74) is 1.71. The Morgan fingerprint density at radius 2 is 1.70 bits per heavy atom. The average molecular weight is 364 g/mol. The van der Waals surface area contributed by atoms with Gasteiger partial charge in [0.25, 0.3) is 0 Å². The number of aromatic nitrogens is 2. The van der Waals surface area contributed by atoms with E-state index in [-0.39, 0.29) is 0 Å². The molecule has 2 N–H and O–H groups in total. The third-order valence-corrected chi connectivity index (χ3v) is 3.93. The van der Waals surface area contributed by atoms with Crippen LogP contribution in [0.2, 0.25) is 0 Å². The third kappa shape index (κ3) is 4.03. The summed E-state index contributed by atoms with van der Waals surface area (Å²) in [5.74, 6) is 3.59. The van der Waals surface area contributed by atoms with Crippen LogP contribution in [0, 0.1) is 0 Å². The van der Waals surface area contributed by atoms with Gasteiger partial charge >= 0.3 is 0 Å². The number of ether oxygens (including phenoxy) is 3. The molecule has 3 aromatic rings. The molecule has 1 aliphatic rings. The van der Waals surface area contributed by atoms with Gasteiger partial charge in [-0.25, -0.2) is 9.97 Å². The molecular formula is C20H20N4O3. The van der Waals surface area contributed by atoms with Crippen LogP contribution in [0.5, 0.6) is 17.2 Å². The van der Waals surface area contributed by atoms with Crippen molar-refractivity contribution >= 4 is 23.0 Å². The molecule has 0 amide bonds. The highest BCUT2D eigenvalue weighted by Crippen LogP contribution is 2.33. The van der Waals surface area contributed by atoms with Crippen LogP contribution in [0.1, 0.15) is 6.92 Å². The molecule has 0 saturated carbocycles. The predicted molar refractivity (Wildman–Crippen MR) is 104 cm³/mol. The quantitative estimate of drug-likeness (QED) is 0.681. The van der Waals surface area contributed by atoms with Crippen LogP contribution in [0.25, 0.3) is 0 Å². The van der Waals surface area contributed by atoms with E-state index < -0.39 is 0 Å². The minimum atomic E-state index is 0.553. The molecule has 0 unspecified atom stereocenters. The number of fused-ring (bicyclic) bond motifs is 1.